The molecule has 1 unspecified atom stereocenters. The van der Waals surface area contributed by atoms with Crippen LogP contribution < -0.4 is 0 Å². The van der Waals surface area contributed by atoms with Gasteiger partial charge in [0, 0.05) is 23.0 Å². The molecular formula is C18H26ClNO. The van der Waals surface area contributed by atoms with Crippen molar-refractivity contribution in [2.75, 3.05) is 13.6 Å². The number of aldehydes is 1. The molecule has 1 aliphatic rings. The number of rotatable bonds is 5. The third-order valence-electron chi connectivity index (χ3n) is 4.93. The van der Waals surface area contributed by atoms with Gasteiger partial charge in [-0.2, -0.15) is 0 Å². The first-order valence-corrected chi connectivity index (χ1v) is 8.36. The third kappa shape index (κ3) is 4.31. The molecule has 0 aromatic heterocycles. The highest BCUT2D eigenvalue weighted by Crippen LogP contribution is 2.35. The van der Waals surface area contributed by atoms with Crippen molar-refractivity contribution in [3.63, 3.8) is 0 Å². The summed E-state index contributed by atoms with van der Waals surface area (Å²) in [4.78, 5) is 14.0. The van der Waals surface area contributed by atoms with E-state index in [2.05, 4.69) is 31.0 Å². The van der Waals surface area contributed by atoms with Gasteiger partial charge in [0.25, 0.3) is 0 Å². The molecule has 0 N–H and O–H groups in total. The van der Waals surface area contributed by atoms with Crippen LogP contribution >= 0.6 is 11.6 Å². The van der Waals surface area contributed by atoms with Gasteiger partial charge in [0.05, 0.1) is 0 Å². The number of hydrogen-bond acceptors (Lipinski definition) is 2. The van der Waals surface area contributed by atoms with Gasteiger partial charge in [0.15, 0.2) is 0 Å². The second-order valence-corrected chi connectivity index (χ2v) is 6.97. The maximum Gasteiger partial charge on any atom is 0.127 e. The van der Waals surface area contributed by atoms with Crippen molar-refractivity contribution in [3.05, 3.63) is 34.9 Å². The Balaban J connectivity index is 2.05. The average Bonchev–Trinajstić information content (AvgIpc) is 2.73. The maximum atomic E-state index is 11.7. The number of benzene rings is 1. The highest BCUT2D eigenvalue weighted by Gasteiger charge is 2.33. The fourth-order valence-electron chi connectivity index (χ4n) is 3.38. The fourth-order valence-corrected chi connectivity index (χ4v) is 3.50. The van der Waals surface area contributed by atoms with E-state index in [9.17, 15) is 4.79 Å². The number of halogens is 1. The zero-order valence-corrected chi connectivity index (χ0v) is 13.9. The van der Waals surface area contributed by atoms with E-state index >= 15 is 0 Å². The van der Waals surface area contributed by atoms with Crippen molar-refractivity contribution < 1.29 is 4.79 Å². The normalized spacial score (nSPS) is 20.0. The van der Waals surface area contributed by atoms with E-state index < -0.39 is 0 Å². The third-order valence-corrected chi connectivity index (χ3v) is 5.18. The molecule has 0 amide bonds. The van der Waals surface area contributed by atoms with Gasteiger partial charge in [-0.3, -0.25) is 4.90 Å². The molecule has 1 aromatic rings. The molecule has 0 radical (unpaired) electrons. The Morgan fingerprint density at radius 3 is 2.29 bits per heavy atom. The quantitative estimate of drug-likeness (QED) is 0.571. The van der Waals surface area contributed by atoms with Crippen LogP contribution in [-0.4, -0.2) is 24.8 Å². The van der Waals surface area contributed by atoms with Crippen LogP contribution in [0.15, 0.2) is 24.3 Å². The van der Waals surface area contributed by atoms with Crippen LogP contribution in [-0.2, 0) is 4.79 Å². The van der Waals surface area contributed by atoms with Crippen molar-refractivity contribution in [2.24, 2.45) is 5.41 Å². The topological polar surface area (TPSA) is 20.3 Å². The fraction of sp³-hybridized carbons (Fsp3) is 0.611. The lowest BCUT2D eigenvalue weighted by molar-refractivity contribution is -0.118. The van der Waals surface area contributed by atoms with Crippen molar-refractivity contribution >= 4 is 17.9 Å². The summed E-state index contributed by atoms with van der Waals surface area (Å²) >= 11 is 5.95. The Bertz CT molecular complexity index is 449. The Morgan fingerprint density at radius 2 is 1.76 bits per heavy atom. The number of nitrogens with zero attached hydrogens (tertiary/aromatic N) is 1. The van der Waals surface area contributed by atoms with Crippen LogP contribution in [0, 0.1) is 5.41 Å². The van der Waals surface area contributed by atoms with E-state index in [1.165, 1.54) is 37.5 Å². The van der Waals surface area contributed by atoms with Crippen LogP contribution in [0.3, 0.4) is 0 Å². The Hall–Kier alpha value is -0.860. The summed E-state index contributed by atoms with van der Waals surface area (Å²) in [5, 5.41) is 0.765. The Labute approximate surface area is 133 Å². The molecule has 116 valence electrons. The van der Waals surface area contributed by atoms with Crippen LogP contribution in [0.25, 0.3) is 0 Å². The Kier molecular flexibility index (Phi) is 5.83. The van der Waals surface area contributed by atoms with Crippen LogP contribution in [0.1, 0.15) is 57.1 Å². The molecule has 1 atom stereocenters. The van der Waals surface area contributed by atoms with Crippen molar-refractivity contribution in [1.82, 2.24) is 4.90 Å². The molecule has 1 aliphatic carbocycles. The monoisotopic (exact) mass is 307 g/mol. The molecule has 0 aliphatic heterocycles. The van der Waals surface area contributed by atoms with Gasteiger partial charge in [0.2, 0.25) is 0 Å². The lowest BCUT2D eigenvalue weighted by Gasteiger charge is -2.35. The zero-order valence-electron chi connectivity index (χ0n) is 13.1. The molecule has 1 fully saturated rings. The standard InChI is InChI=1S/C18H26ClNO/c1-15(16-7-9-17(19)10-8-16)20(2)13-18(14-21)11-5-3-4-6-12-18/h7-10,14-15H,3-6,11-13H2,1-2H3. The van der Waals surface area contributed by atoms with Crippen molar-refractivity contribution in [1.29, 1.82) is 0 Å². The van der Waals surface area contributed by atoms with E-state index in [1.54, 1.807) is 0 Å². The van der Waals surface area contributed by atoms with E-state index in [1.807, 2.05) is 12.1 Å². The first-order chi connectivity index (χ1) is 10.1. The van der Waals surface area contributed by atoms with Crippen molar-refractivity contribution in [2.45, 2.75) is 51.5 Å². The van der Waals surface area contributed by atoms with Crippen LogP contribution in [0.2, 0.25) is 5.02 Å². The largest absolute Gasteiger partial charge is 0.303 e. The predicted molar refractivity (Wildman–Crippen MR) is 88.7 cm³/mol. The van der Waals surface area contributed by atoms with E-state index in [0.717, 1.165) is 24.4 Å². The summed E-state index contributed by atoms with van der Waals surface area (Å²) in [5.74, 6) is 0. The molecule has 1 saturated carbocycles. The summed E-state index contributed by atoms with van der Waals surface area (Å²) in [7, 11) is 2.12. The zero-order chi connectivity index (χ0) is 15.3. The lowest BCUT2D eigenvalue weighted by Crippen LogP contribution is -2.38. The maximum absolute atomic E-state index is 11.7. The molecular weight excluding hydrogens is 282 g/mol. The SMILES string of the molecule is CC(c1ccc(Cl)cc1)N(C)CC1(C=O)CCCCCC1. The van der Waals surface area contributed by atoms with Gasteiger partial charge in [-0.15, -0.1) is 0 Å². The molecule has 21 heavy (non-hydrogen) atoms. The van der Waals surface area contributed by atoms with E-state index in [4.69, 9.17) is 11.6 Å². The molecule has 3 heteroatoms. The molecule has 0 spiro atoms. The minimum Gasteiger partial charge on any atom is -0.303 e. The Morgan fingerprint density at radius 1 is 1.19 bits per heavy atom. The average molecular weight is 308 g/mol. The molecule has 0 heterocycles. The van der Waals surface area contributed by atoms with Gasteiger partial charge in [-0.25, -0.2) is 0 Å². The van der Waals surface area contributed by atoms with Crippen molar-refractivity contribution in [3.8, 4) is 0 Å². The highest BCUT2D eigenvalue weighted by atomic mass is 35.5. The molecule has 1 aromatic carbocycles. The summed E-state index contributed by atoms with van der Waals surface area (Å²) in [6, 6.07) is 8.31. The highest BCUT2D eigenvalue weighted by molar-refractivity contribution is 6.30. The van der Waals surface area contributed by atoms with Gasteiger partial charge < -0.3 is 4.79 Å². The first-order valence-electron chi connectivity index (χ1n) is 7.98. The smallest absolute Gasteiger partial charge is 0.127 e. The summed E-state index contributed by atoms with van der Waals surface area (Å²) in [6.45, 7) is 3.04. The minimum absolute atomic E-state index is 0.147. The number of carbonyl (C=O) groups is 1. The summed E-state index contributed by atoms with van der Waals surface area (Å²) < 4.78 is 0. The first kappa shape index (κ1) is 16.5. The van der Waals surface area contributed by atoms with Gasteiger partial charge in [-0.1, -0.05) is 49.4 Å². The minimum atomic E-state index is -0.147. The van der Waals surface area contributed by atoms with Gasteiger partial charge in [-0.05, 0) is 44.5 Å². The predicted octanol–water partition coefficient (Wildman–Crippen LogP) is 4.87. The second-order valence-electron chi connectivity index (χ2n) is 6.54. The van der Waals surface area contributed by atoms with Crippen LogP contribution in [0.5, 0.6) is 0 Å². The molecule has 2 rings (SSSR count). The van der Waals surface area contributed by atoms with E-state index in [-0.39, 0.29) is 5.41 Å². The molecule has 0 saturated heterocycles. The summed E-state index contributed by atoms with van der Waals surface area (Å²) in [5.41, 5.74) is 1.10. The molecule has 0 bridgehead atoms. The second kappa shape index (κ2) is 7.42. The lowest BCUT2D eigenvalue weighted by atomic mass is 9.81. The van der Waals surface area contributed by atoms with Gasteiger partial charge >= 0.3 is 0 Å². The van der Waals surface area contributed by atoms with Gasteiger partial charge in [0.1, 0.15) is 6.29 Å². The number of hydrogen-bond donors (Lipinski definition) is 0. The van der Waals surface area contributed by atoms with Crippen LogP contribution in [0.4, 0.5) is 0 Å². The van der Waals surface area contributed by atoms with E-state index in [0.29, 0.717) is 6.04 Å². The molecule has 2 nitrogen and oxygen atoms in total. The number of carbonyl (C=O) groups excluding carboxylic acids is 1. The summed E-state index contributed by atoms with van der Waals surface area (Å²) in [6.07, 6.45) is 8.20.